The van der Waals surface area contributed by atoms with Gasteiger partial charge in [-0.2, -0.15) is 14.4 Å². The van der Waals surface area contributed by atoms with Crippen molar-refractivity contribution in [1.29, 1.82) is 0 Å². The topological polar surface area (TPSA) is 113 Å². The SMILES string of the molecule is CC1COC(CN(C)C(=O)OC2(C)CC2)[C@H]1Oc1ncnc(OC2CCN(C(=O)OC(C)(C)C)CC2)c1F. The summed E-state index contributed by atoms with van der Waals surface area (Å²) in [6.45, 7) is 10.8. The van der Waals surface area contributed by atoms with Gasteiger partial charge in [0.05, 0.1) is 13.2 Å². The van der Waals surface area contributed by atoms with Crippen LogP contribution < -0.4 is 9.47 Å². The molecule has 0 bridgehead atoms. The van der Waals surface area contributed by atoms with Crippen LogP contribution in [0.3, 0.4) is 0 Å². The molecule has 0 N–H and O–H groups in total. The minimum Gasteiger partial charge on any atom is -0.472 e. The molecule has 0 aromatic carbocycles. The van der Waals surface area contributed by atoms with E-state index in [2.05, 4.69) is 9.97 Å². The van der Waals surface area contributed by atoms with Gasteiger partial charge in [-0.15, -0.1) is 0 Å². The molecule has 1 aromatic heterocycles. The van der Waals surface area contributed by atoms with Crippen LogP contribution in [0.15, 0.2) is 6.33 Å². The van der Waals surface area contributed by atoms with Crippen molar-refractivity contribution in [2.75, 3.05) is 33.3 Å². The predicted octanol–water partition coefficient (Wildman–Crippen LogP) is 3.80. The van der Waals surface area contributed by atoms with Gasteiger partial charge in [0.25, 0.3) is 11.8 Å². The number of amides is 2. The molecule has 1 saturated carbocycles. The van der Waals surface area contributed by atoms with Gasteiger partial charge in [-0.3, -0.25) is 0 Å². The van der Waals surface area contributed by atoms with Gasteiger partial charge in [0.15, 0.2) is 0 Å². The van der Waals surface area contributed by atoms with E-state index < -0.39 is 29.7 Å². The van der Waals surface area contributed by atoms with E-state index in [-0.39, 0.29) is 42.0 Å². The van der Waals surface area contributed by atoms with Crippen LogP contribution in [0.2, 0.25) is 0 Å². The van der Waals surface area contributed by atoms with Crippen LogP contribution in [0.4, 0.5) is 14.0 Å². The Morgan fingerprint density at radius 1 is 1.18 bits per heavy atom. The lowest BCUT2D eigenvalue weighted by atomic mass is 10.0. The number of aromatic nitrogens is 2. The fourth-order valence-electron chi connectivity index (χ4n) is 4.36. The normalized spacial score (nSPS) is 25.0. The monoisotopic (exact) mass is 538 g/mol. The average Bonchev–Trinajstić information content (AvgIpc) is 3.47. The van der Waals surface area contributed by atoms with Gasteiger partial charge in [0.1, 0.15) is 35.8 Å². The van der Waals surface area contributed by atoms with Crippen LogP contribution >= 0.6 is 0 Å². The lowest BCUT2D eigenvalue weighted by Crippen LogP contribution is -2.44. The third kappa shape index (κ3) is 7.15. The van der Waals surface area contributed by atoms with Gasteiger partial charge in [0, 0.05) is 38.9 Å². The van der Waals surface area contributed by atoms with Crippen molar-refractivity contribution < 1.29 is 37.7 Å². The number of carbonyl (C=O) groups is 2. The molecule has 1 aromatic rings. The summed E-state index contributed by atoms with van der Waals surface area (Å²) in [4.78, 5) is 35.7. The second-order valence-electron chi connectivity index (χ2n) is 11.7. The zero-order valence-electron chi connectivity index (χ0n) is 23.1. The van der Waals surface area contributed by atoms with Gasteiger partial charge in [0.2, 0.25) is 5.82 Å². The zero-order chi connectivity index (χ0) is 27.7. The van der Waals surface area contributed by atoms with E-state index in [1.165, 1.54) is 11.2 Å². The first-order valence-electron chi connectivity index (χ1n) is 13.2. The summed E-state index contributed by atoms with van der Waals surface area (Å²) in [6.07, 6.45) is 1.80. The fourth-order valence-corrected chi connectivity index (χ4v) is 4.36. The van der Waals surface area contributed by atoms with Crippen LogP contribution in [-0.2, 0) is 14.2 Å². The third-order valence-corrected chi connectivity index (χ3v) is 6.90. The highest BCUT2D eigenvalue weighted by Crippen LogP contribution is 2.39. The molecular weight excluding hydrogens is 499 g/mol. The number of hydrogen-bond donors (Lipinski definition) is 0. The van der Waals surface area contributed by atoms with Gasteiger partial charge in [-0.1, -0.05) is 6.92 Å². The molecule has 1 aliphatic carbocycles. The highest BCUT2D eigenvalue weighted by atomic mass is 19.1. The van der Waals surface area contributed by atoms with Gasteiger partial charge < -0.3 is 33.5 Å². The number of nitrogens with zero attached hydrogens (tertiary/aromatic N) is 4. The van der Waals surface area contributed by atoms with Crippen molar-refractivity contribution in [3.8, 4) is 11.8 Å². The Kier molecular flexibility index (Phi) is 8.20. The molecule has 212 valence electrons. The highest BCUT2D eigenvalue weighted by Gasteiger charge is 2.44. The van der Waals surface area contributed by atoms with Gasteiger partial charge in [-0.25, -0.2) is 9.59 Å². The largest absolute Gasteiger partial charge is 0.472 e. The molecule has 3 fully saturated rings. The Hall–Kier alpha value is -2.89. The fraction of sp³-hybridized carbons (Fsp3) is 0.769. The van der Waals surface area contributed by atoms with Crippen molar-refractivity contribution in [2.24, 2.45) is 5.92 Å². The van der Waals surface area contributed by atoms with Crippen molar-refractivity contribution >= 4 is 12.2 Å². The molecule has 2 amide bonds. The Labute approximate surface area is 222 Å². The van der Waals surface area contributed by atoms with Crippen LogP contribution in [0.5, 0.6) is 11.8 Å². The maximum Gasteiger partial charge on any atom is 0.410 e. The number of halogens is 1. The van der Waals surface area contributed by atoms with Crippen LogP contribution in [0.25, 0.3) is 0 Å². The summed E-state index contributed by atoms with van der Waals surface area (Å²) >= 11 is 0. The van der Waals surface area contributed by atoms with Crippen molar-refractivity contribution in [3.05, 3.63) is 12.1 Å². The van der Waals surface area contributed by atoms with Crippen LogP contribution in [0, 0.1) is 11.7 Å². The van der Waals surface area contributed by atoms with Crippen molar-refractivity contribution in [3.63, 3.8) is 0 Å². The standard InChI is InChI=1S/C26H39FN4O7/c1-16-14-34-18(13-30(6)23(32)38-26(5)9-10-26)20(16)36-22-19(27)21(28-15-29-22)35-17-7-11-31(12-8-17)24(33)37-25(2,3)4/h15-18,20H,7-14H2,1-6H3/t16?,18?,20-/m0/s1. The maximum absolute atomic E-state index is 15.3. The number of hydrogen-bond acceptors (Lipinski definition) is 9. The summed E-state index contributed by atoms with van der Waals surface area (Å²) in [5, 5.41) is 0. The van der Waals surface area contributed by atoms with Crippen LogP contribution in [0.1, 0.15) is 60.3 Å². The van der Waals surface area contributed by atoms with Crippen LogP contribution in [-0.4, -0.2) is 94.8 Å². The molecule has 2 saturated heterocycles. The summed E-state index contributed by atoms with van der Waals surface area (Å²) in [6, 6.07) is 0. The number of likely N-dealkylation sites (N-methyl/N-ethyl adjacent to an activating group) is 1. The summed E-state index contributed by atoms with van der Waals surface area (Å²) in [7, 11) is 1.64. The first-order chi connectivity index (χ1) is 17.8. The molecule has 4 rings (SSSR count). The van der Waals surface area contributed by atoms with E-state index in [1.54, 1.807) is 11.9 Å². The quantitative estimate of drug-likeness (QED) is 0.512. The molecule has 11 nitrogen and oxygen atoms in total. The Morgan fingerprint density at radius 2 is 1.82 bits per heavy atom. The Morgan fingerprint density at radius 3 is 2.42 bits per heavy atom. The zero-order valence-corrected chi connectivity index (χ0v) is 23.1. The molecule has 2 aliphatic heterocycles. The summed E-state index contributed by atoms with van der Waals surface area (Å²) < 4.78 is 43.9. The minimum absolute atomic E-state index is 0.0544. The number of likely N-dealkylation sites (tertiary alicyclic amines) is 1. The lowest BCUT2D eigenvalue weighted by Gasteiger charge is -2.33. The number of piperidine rings is 1. The molecular formula is C26H39FN4O7. The number of ether oxygens (including phenoxy) is 5. The molecule has 2 unspecified atom stereocenters. The molecule has 12 heteroatoms. The lowest BCUT2D eigenvalue weighted by molar-refractivity contribution is 0.0111. The molecule has 3 aliphatic rings. The van der Waals surface area contributed by atoms with E-state index in [4.69, 9.17) is 23.7 Å². The van der Waals surface area contributed by atoms with Crippen molar-refractivity contribution in [2.45, 2.75) is 89.8 Å². The van der Waals surface area contributed by atoms with E-state index in [9.17, 15) is 9.59 Å². The van der Waals surface area contributed by atoms with E-state index >= 15 is 4.39 Å². The summed E-state index contributed by atoms with van der Waals surface area (Å²) in [5.74, 6) is -1.29. The minimum atomic E-state index is -0.797. The second kappa shape index (κ2) is 11.1. The number of carbonyl (C=O) groups excluding carboxylic acids is 2. The molecule has 3 atom stereocenters. The van der Waals surface area contributed by atoms with E-state index in [0.29, 0.717) is 32.5 Å². The van der Waals surface area contributed by atoms with Crippen molar-refractivity contribution in [1.82, 2.24) is 19.8 Å². The third-order valence-electron chi connectivity index (χ3n) is 6.90. The first-order valence-corrected chi connectivity index (χ1v) is 13.2. The molecule has 38 heavy (non-hydrogen) atoms. The van der Waals surface area contributed by atoms with E-state index in [1.807, 2.05) is 34.6 Å². The molecule has 0 radical (unpaired) electrons. The summed E-state index contributed by atoms with van der Waals surface area (Å²) in [5.41, 5.74) is -0.947. The Balaban J connectivity index is 1.33. The molecule has 3 heterocycles. The second-order valence-corrected chi connectivity index (χ2v) is 11.7. The maximum atomic E-state index is 15.3. The first kappa shape index (κ1) is 28.1. The number of rotatable bonds is 7. The predicted molar refractivity (Wildman–Crippen MR) is 134 cm³/mol. The highest BCUT2D eigenvalue weighted by molar-refractivity contribution is 5.68. The van der Waals surface area contributed by atoms with Gasteiger partial charge in [-0.05, 0) is 40.5 Å². The Bertz CT molecular complexity index is 1010. The van der Waals surface area contributed by atoms with Gasteiger partial charge >= 0.3 is 12.2 Å². The average molecular weight is 539 g/mol. The van der Waals surface area contributed by atoms with E-state index in [0.717, 1.165) is 12.8 Å². The molecule has 0 spiro atoms. The smallest absolute Gasteiger partial charge is 0.410 e.